The van der Waals surface area contributed by atoms with Gasteiger partial charge < -0.3 is 5.32 Å². The van der Waals surface area contributed by atoms with Gasteiger partial charge in [0.1, 0.15) is 6.04 Å². The van der Waals surface area contributed by atoms with Gasteiger partial charge in [0.05, 0.1) is 11.1 Å². The maximum Gasteiger partial charge on any atom is 0.262 e. The van der Waals surface area contributed by atoms with E-state index in [1.807, 2.05) is 62.4 Å². The van der Waals surface area contributed by atoms with Crippen molar-refractivity contribution in [3.05, 3.63) is 101 Å². The summed E-state index contributed by atoms with van der Waals surface area (Å²) in [5.74, 6) is -1.26. The number of hydrogen-bond donors (Lipinski definition) is 1. The molecule has 0 aliphatic carbocycles. The topological polar surface area (TPSA) is 66.5 Å². The second kappa shape index (κ2) is 7.95. The van der Waals surface area contributed by atoms with Crippen molar-refractivity contribution in [2.45, 2.75) is 26.3 Å². The van der Waals surface area contributed by atoms with Crippen LogP contribution in [-0.4, -0.2) is 28.7 Å². The summed E-state index contributed by atoms with van der Waals surface area (Å²) in [6.45, 7) is 3.83. The zero-order valence-electron chi connectivity index (χ0n) is 16.9. The molecule has 3 amide bonds. The number of para-hydroxylation sites is 1. The van der Waals surface area contributed by atoms with Crippen LogP contribution in [0.25, 0.3) is 0 Å². The average molecular weight is 398 g/mol. The van der Waals surface area contributed by atoms with Gasteiger partial charge >= 0.3 is 0 Å². The molecule has 150 valence electrons. The van der Waals surface area contributed by atoms with Gasteiger partial charge in [0.15, 0.2) is 0 Å². The molecule has 0 fully saturated rings. The SMILES string of the molecule is Cc1cccc(C)c1NC(=O)[C@@H](Cc1ccccc1)N1C(=O)c2ccccc2C1=O. The van der Waals surface area contributed by atoms with E-state index in [9.17, 15) is 14.4 Å². The normalized spacial score (nSPS) is 13.9. The third-order valence-corrected chi connectivity index (χ3v) is 5.44. The Kier molecular flexibility index (Phi) is 5.19. The summed E-state index contributed by atoms with van der Waals surface area (Å²) >= 11 is 0. The molecule has 0 bridgehead atoms. The van der Waals surface area contributed by atoms with Gasteiger partial charge in [-0.3, -0.25) is 19.3 Å². The number of benzene rings is 3. The molecule has 3 aromatic rings. The number of amides is 3. The molecule has 1 N–H and O–H groups in total. The minimum Gasteiger partial charge on any atom is -0.324 e. The monoisotopic (exact) mass is 398 g/mol. The summed E-state index contributed by atoms with van der Waals surface area (Å²) in [5, 5.41) is 2.96. The van der Waals surface area contributed by atoms with Crippen molar-refractivity contribution in [2.24, 2.45) is 0 Å². The van der Waals surface area contributed by atoms with E-state index in [4.69, 9.17) is 0 Å². The smallest absolute Gasteiger partial charge is 0.262 e. The predicted octanol–water partition coefficient (Wildman–Crippen LogP) is 4.15. The van der Waals surface area contributed by atoms with E-state index < -0.39 is 17.9 Å². The van der Waals surface area contributed by atoms with E-state index in [0.29, 0.717) is 16.8 Å². The molecule has 0 spiro atoms. The minimum atomic E-state index is -0.959. The zero-order chi connectivity index (χ0) is 21.3. The molecule has 4 rings (SSSR count). The molecule has 0 unspecified atom stereocenters. The van der Waals surface area contributed by atoms with Crippen molar-refractivity contribution in [3.8, 4) is 0 Å². The van der Waals surface area contributed by atoms with Crippen molar-refractivity contribution < 1.29 is 14.4 Å². The predicted molar refractivity (Wildman–Crippen MR) is 115 cm³/mol. The van der Waals surface area contributed by atoms with E-state index in [1.54, 1.807) is 24.3 Å². The molecule has 3 aromatic carbocycles. The lowest BCUT2D eigenvalue weighted by molar-refractivity contribution is -0.119. The van der Waals surface area contributed by atoms with Crippen LogP contribution in [0.5, 0.6) is 0 Å². The van der Waals surface area contributed by atoms with Crippen LogP contribution >= 0.6 is 0 Å². The molecule has 0 saturated carbocycles. The van der Waals surface area contributed by atoms with Crippen molar-refractivity contribution >= 4 is 23.4 Å². The highest BCUT2D eigenvalue weighted by atomic mass is 16.2. The van der Waals surface area contributed by atoms with Gasteiger partial charge in [-0.05, 0) is 42.7 Å². The first-order chi connectivity index (χ1) is 14.5. The Bertz CT molecular complexity index is 1080. The van der Waals surface area contributed by atoms with Gasteiger partial charge in [-0.25, -0.2) is 0 Å². The van der Waals surface area contributed by atoms with Gasteiger partial charge in [-0.15, -0.1) is 0 Å². The van der Waals surface area contributed by atoms with E-state index >= 15 is 0 Å². The molecule has 0 saturated heterocycles. The highest BCUT2D eigenvalue weighted by molar-refractivity contribution is 6.23. The molecule has 1 aliphatic heterocycles. The van der Waals surface area contributed by atoms with E-state index in [0.717, 1.165) is 21.6 Å². The molecule has 1 heterocycles. The zero-order valence-corrected chi connectivity index (χ0v) is 16.9. The standard InChI is InChI=1S/C25H22N2O3/c1-16-9-8-10-17(2)22(16)26-23(28)21(15-18-11-4-3-5-12-18)27-24(29)19-13-6-7-14-20(19)25(27)30/h3-14,21H,15H2,1-2H3,(H,26,28)/t21-/m1/s1. The molecule has 1 atom stereocenters. The third kappa shape index (κ3) is 3.50. The molecule has 30 heavy (non-hydrogen) atoms. The van der Waals surface area contributed by atoms with Crippen LogP contribution in [0.4, 0.5) is 5.69 Å². The number of imide groups is 1. The first-order valence-electron chi connectivity index (χ1n) is 9.85. The molecular formula is C25H22N2O3. The Balaban J connectivity index is 1.71. The Hall–Kier alpha value is -3.73. The highest BCUT2D eigenvalue weighted by Gasteiger charge is 2.42. The number of anilines is 1. The first kappa shape index (κ1) is 19.6. The van der Waals surface area contributed by atoms with Crippen molar-refractivity contribution in [1.29, 1.82) is 0 Å². The molecular weight excluding hydrogens is 376 g/mol. The molecule has 5 heteroatoms. The maximum absolute atomic E-state index is 13.4. The van der Waals surface area contributed by atoms with Gasteiger partial charge in [-0.1, -0.05) is 60.7 Å². The third-order valence-electron chi connectivity index (χ3n) is 5.44. The lowest BCUT2D eigenvalue weighted by Crippen LogP contribution is -2.48. The van der Waals surface area contributed by atoms with Crippen LogP contribution in [0.2, 0.25) is 0 Å². The lowest BCUT2D eigenvalue weighted by atomic mass is 10.0. The Morgan fingerprint density at radius 3 is 1.90 bits per heavy atom. The number of carbonyl (C=O) groups excluding carboxylic acids is 3. The summed E-state index contributed by atoms with van der Waals surface area (Å²) < 4.78 is 0. The van der Waals surface area contributed by atoms with Crippen LogP contribution < -0.4 is 5.32 Å². The lowest BCUT2D eigenvalue weighted by Gasteiger charge is -2.26. The largest absolute Gasteiger partial charge is 0.324 e. The van der Waals surface area contributed by atoms with Gasteiger partial charge in [0.2, 0.25) is 5.91 Å². The molecule has 5 nitrogen and oxygen atoms in total. The average Bonchev–Trinajstić information content (AvgIpc) is 3.00. The van der Waals surface area contributed by atoms with Crippen LogP contribution in [0.15, 0.2) is 72.8 Å². The van der Waals surface area contributed by atoms with E-state index in [1.165, 1.54) is 0 Å². The molecule has 0 radical (unpaired) electrons. The fraction of sp³-hybridized carbons (Fsp3) is 0.160. The highest BCUT2D eigenvalue weighted by Crippen LogP contribution is 2.27. The Morgan fingerprint density at radius 1 is 0.800 bits per heavy atom. The number of carbonyl (C=O) groups is 3. The summed E-state index contributed by atoms with van der Waals surface area (Å²) in [7, 11) is 0. The van der Waals surface area contributed by atoms with Crippen molar-refractivity contribution in [3.63, 3.8) is 0 Å². The summed E-state index contributed by atoms with van der Waals surface area (Å²) in [5.41, 5.74) is 4.09. The van der Waals surface area contributed by atoms with E-state index in [-0.39, 0.29) is 12.3 Å². The van der Waals surface area contributed by atoms with Crippen LogP contribution in [0, 0.1) is 13.8 Å². The van der Waals surface area contributed by atoms with Crippen LogP contribution in [0.3, 0.4) is 0 Å². The number of nitrogens with zero attached hydrogens (tertiary/aromatic N) is 1. The van der Waals surface area contributed by atoms with Crippen LogP contribution in [0.1, 0.15) is 37.4 Å². The summed E-state index contributed by atoms with van der Waals surface area (Å²) in [4.78, 5) is 40.6. The van der Waals surface area contributed by atoms with Crippen molar-refractivity contribution in [1.82, 2.24) is 4.90 Å². The van der Waals surface area contributed by atoms with Crippen molar-refractivity contribution in [2.75, 3.05) is 5.32 Å². The number of hydrogen-bond acceptors (Lipinski definition) is 3. The second-order valence-corrected chi connectivity index (χ2v) is 7.49. The number of rotatable bonds is 5. The minimum absolute atomic E-state index is 0.239. The molecule has 0 aromatic heterocycles. The Morgan fingerprint density at radius 2 is 1.33 bits per heavy atom. The maximum atomic E-state index is 13.4. The summed E-state index contributed by atoms with van der Waals surface area (Å²) in [6, 6.07) is 20.9. The quantitative estimate of drug-likeness (QED) is 0.657. The molecule has 1 aliphatic rings. The number of nitrogens with one attached hydrogen (secondary N) is 1. The van der Waals surface area contributed by atoms with E-state index in [2.05, 4.69) is 5.32 Å². The Labute approximate surface area is 175 Å². The van der Waals surface area contributed by atoms with Gasteiger partial charge in [-0.2, -0.15) is 0 Å². The fourth-order valence-corrected chi connectivity index (χ4v) is 3.85. The number of fused-ring (bicyclic) bond motifs is 1. The number of aryl methyl sites for hydroxylation is 2. The van der Waals surface area contributed by atoms with Gasteiger partial charge in [0, 0.05) is 12.1 Å². The second-order valence-electron chi connectivity index (χ2n) is 7.49. The van der Waals surface area contributed by atoms with Crippen LogP contribution in [-0.2, 0) is 11.2 Å². The fourth-order valence-electron chi connectivity index (χ4n) is 3.85. The first-order valence-corrected chi connectivity index (χ1v) is 9.85. The van der Waals surface area contributed by atoms with Gasteiger partial charge in [0.25, 0.3) is 11.8 Å². The summed E-state index contributed by atoms with van der Waals surface area (Å²) in [6.07, 6.45) is 0.239.